The maximum absolute atomic E-state index is 12.7. The molecule has 5 nitrogen and oxygen atoms in total. The van der Waals surface area contributed by atoms with Gasteiger partial charge in [-0.05, 0) is 30.7 Å². The van der Waals surface area contributed by atoms with Gasteiger partial charge in [-0.2, -0.15) is 5.10 Å². The molecule has 1 aliphatic rings. The molecule has 1 amide bonds. The third-order valence-corrected chi connectivity index (χ3v) is 5.17. The summed E-state index contributed by atoms with van der Waals surface area (Å²) in [5, 5.41) is 8.57. The third-order valence-electron chi connectivity index (χ3n) is 5.17. The number of rotatable bonds is 7. The van der Waals surface area contributed by atoms with Crippen LogP contribution in [0.2, 0.25) is 0 Å². The average Bonchev–Trinajstić information content (AvgIpc) is 3.14. The zero-order chi connectivity index (χ0) is 18.5. The smallest absolute Gasteiger partial charge is 0.274 e. The predicted octanol–water partition coefficient (Wildman–Crippen LogP) is 3.75. The van der Waals surface area contributed by atoms with Gasteiger partial charge in [0.1, 0.15) is 0 Å². The van der Waals surface area contributed by atoms with Crippen LogP contribution in [-0.4, -0.2) is 22.2 Å². The number of hydrogen-bond donors (Lipinski definition) is 1. The van der Waals surface area contributed by atoms with Gasteiger partial charge in [-0.15, -0.1) is 0 Å². The Kier molecular flexibility index (Phi) is 6.07. The van der Waals surface area contributed by atoms with Crippen LogP contribution in [-0.2, 0) is 6.54 Å². The van der Waals surface area contributed by atoms with Gasteiger partial charge in [0.25, 0.3) is 11.5 Å². The Bertz CT molecular complexity index is 820. The monoisotopic (exact) mass is 355 g/mol. The summed E-state index contributed by atoms with van der Waals surface area (Å²) < 4.78 is 1.43. The molecule has 1 heterocycles. The number of nitrogens with one attached hydrogen (secondary N) is 1. The summed E-state index contributed by atoms with van der Waals surface area (Å²) >= 11 is 0. The summed E-state index contributed by atoms with van der Waals surface area (Å²) in [5.41, 5.74) is 0.216. The maximum Gasteiger partial charge on any atom is 0.274 e. The molecule has 2 aromatic rings. The van der Waals surface area contributed by atoms with Crippen LogP contribution >= 0.6 is 0 Å². The number of fused-ring (bicyclic) bond motifs is 1. The number of nitrogens with zero attached hydrogens (tertiary/aromatic N) is 2. The molecule has 1 N–H and O–H groups in total. The lowest BCUT2D eigenvalue weighted by Gasteiger charge is -2.13. The fraction of sp³-hybridized carbons (Fsp3) is 0.571. The highest BCUT2D eigenvalue weighted by molar-refractivity contribution is 6.04. The topological polar surface area (TPSA) is 64.0 Å². The first-order chi connectivity index (χ1) is 12.6. The lowest BCUT2D eigenvalue weighted by molar-refractivity contribution is 0.0946. The summed E-state index contributed by atoms with van der Waals surface area (Å²) in [7, 11) is 0. The minimum Gasteiger partial charge on any atom is -0.351 e. The highest BCUT2D eigenvalue weighted by Gasteiger charge is 2.18. The Morgan fingerprint density at radius 3 is 2.62 bits per heavy atom. The first-order valence-electron chi connectivity index (χ1n) is 9.84. The van der Waals surface area contributed by atoms with E-state index in [1.807, 2.05) is 26.0 Å². The SMILES string of the molecule is CC(C)Cn1nc(C(=O)NCCCC2CCCC2)c2ccccc2c1=O. The summed E-state index contributed by atoms with van der Waals surface area (Å²) in [6, 6.07) is 7.24. The zero-order valence-electron chi connectivity index (χ0n) is 15.8. The molecule has 5 heteroatoms. The van der Waals surface area contributed by atoms with Crippen molar-refractivity contribution in [2.45, 2.75) is 58.9 Å². The molecule has 26 heavy (non-hydrogen) atoms. The van der Waals surface area contributed by atoms with Crippen LogP contribution < -0.4 is 10.9 Å². The van der Waals surface area contributed by atoms with Gasteiger partial charge in [-0.25, -0.2) is 4.68 Å². The van der Waals surface area contributed by atoms with Crippen LogP contribution in [0, 0.1) is 11.8 Å². The number of benzene rings is 1. The molecule has 1 aromatic heterocycles. The standard InChI is InChI=1S/C21H29N3O2/c1-15(2)14-24-21(26)18-12-6-5-11-17(18)19(23-24)20(25)22-13-7-10-16-8-3-4-9-16/h5-6,11-12,15-16H,3-4,7-10,13-14H2,1-2H3,(H,22,25). The minimum atomic E-state index is -0.190. The third kappa shape index (κ3) is 4.32. The van der Waals surface area contributed by atoms with Gasteiger partial charge in [0.05, 0.1) is 5.39 Å². The van der Waals surface area contributed by atoms with E-state index in [9.17, 15) is 9.59 Å². The average molecular weight is 355 g/mol. The molecular weight excluding hydrogens is 326 g/mol. The van der Waals surface area contributed by atoms with Gasteiger partial charge in [-0.3, -0.25) is 9.59 Å². The molecular formula is C21H29N3O2. The zero-order valence-corrected chi connectivity index (χ0v) is 15.8. The number of hydrogen-bond acceptors (Lipinski definition) is 3. The molecule has 1 aliphatic carbocycles. The second kappa shape index (κ2) is 8.47. The minimum absolute atomic E-state index is 0.132. The van der Waals surface area contributed by atoms with Crippen LogP contribution in [0.1, 0.15) is 62.9 Å². The number of amides is 1. The largest absolute Gasteiger partial charge is 0.351 e. The van der Waals surface area contributed by atoms with Gasteiger partial charge in [-0.1, -0.05) is 57.7 Å². The van der Waals surface area contributed by atoms with Crippen molar-refractivity contribution >= 4 is 16.7 Å². The Morgan fingerprint density at radius 1 is 1.23 bits per heavy atom. The molecule has 1 fully saturated rings. The van der Waals surface area contributed by atoms with Crippen molar-refractivity contribution in [3.63, 3.8) is 0 Å². The van der Waals surface area contributed by atoms with Crippen LogP contribution in [0.4, 0.5) is 0 Å². The normalized spacial score (nSPS) is 15.0. The second-order valence-corrected chi connectivity index (χ2v) is 7.82. The van der Waals surface area contributed by atoms with Gasteiger partial charge < -0.3 is 5.32 Å². The van der Waals surface area contributed by atoms with E-state index in [1.165, 1.54) is 36.8 Å². The number of carbonyl (C=O) groups is 1. The van der Waals surface area contributed by atoms with E-state index >= 15 is 0 Å². The number of carbonyl (C=O) groups excluding carboxylic acids is 1. The molecule has 3 rings (SSSR count). The van der Waals surface area contributed by atoms with Crippen molar-refractivity contribution in [2.75, 3.05) is 6.54 Å². The maximum atomic E-state index is 12.7. The quantitative estimate of drug-likeness (QED) is 0.769. The van der Waals surface area contributed by atoms with E-state index in [2.05, 4.69) is 10.4 Å². The molecule has 0 unspecified atom stereocenters. The van der Waals surface area contributed by atoms with Crippen molar-refractivity contribution in [1.82, 2.24) is 15.1 Å². The fourth-order valence-corrected chi connectivity index (χ4v) is 3.85. The predicted molar refractivity (Wildman–Crippen MR) is 104 cm³/mol. The molecule has 0 bridgehead atoms. The van der Waals surface area contributed by atoms with Gasteiger partial charge in [0, 0.05) is 18.5 Å². The first kappa shape index (κ1) is 18.6. The van der Waals surface area contributed by atoms with Crippen LogP contribution in [0.25, 0.3) is 10.8 Å². The molecule has 0 aliphatic heterocycles. The van der Waals surface area contributed by atoms with Crippen molar-refractivity contribution in [3.05, 3.63) is 40.3 Å². The molecule has 0 atom stereocenters. The summed E-state index contributed by atoms with van der Waals surface area (Å²) in [5.74, 6) is 0.924. The van der Waals surface area contributed by atoms with Gasteiger partial charge in [0.15, 0.2) is 5.69 Å². The Morgan fingerprint density at radius 2 is 1.92 bits per heavy atom. The van der Waals surface area contributed by atoms with Crippen molar-refractivity contribution in [3.8, 4) is 0 Å². The summed E-state index contributed by atoms with van der Waals surface area (Å²) in [4.78, 5) is 25.3. The molecule has 0 saturated heterocycles. The molecule has 0 radical (unpaired) electrons. The van der Waals surface area contributed by atoms with E-state index in [0.29, 0.717) is 29.6 Å². The van der Waals surface area contributed by atoms with Crippen LogP contribution in [0.3, 0.4) is 0 Å². The van der Waals surface area contributed by atoms with E-state index in [-0.39, 0.29) is 17.4 Å². The molecule has 0 spiro atoms. The van der Waals surface area contributed by atoms with E-state index in [0.717, 1.165) is 12.3 Å². The highest BCUT2D eigenvalue weighted by atomic mass is 16.2. The van der Waals surface area contributed by atoms with Crippen LogP contribution in [0.5, 0.6) is 0 Å². The van der Waals surface area contributed by atoms with Crippen molar-refractivity contribution in [1.29, 1.82) is 0 Å². The van der Waals surface area contributed by atoms with E-state index < -0.39 is 0 Å². The highest BCUT2D eigenvalue weighted by Crippen LogP contribution is 2.28. The fourth-order valence-electron chi connectivity index (χ4n) is 3.85. The molecule has 140 valence electrons. The molecule has 1 saturated carbocycles. The van der Waals surface area contributed by atoms with Gasteiger partial charge >= 0.3 is 0 Å². The van der Waals surface area contributed by atoms with Crippen LogP contribution in [0.15, 0.2) is 29.1 Å². The Balaban J connectivity index is 1.75. The number of aromatic nitrogens is 2. The second-order valence-electron chi connectivity index (χ2n) is 7.82. The summed E-state index contributed by atoms with van der Waals surface area (Å²) in [6.45, 7) is 5.23. The Hall–Kier alpha value is -2.17. The van der Waals surface area contributed by atoms with E-state index in [1.54, 1.807) is 12.1 Å². The van der Waals surface area contributed by atoms with Crippen molar-refractivity contribution < 1.29 is 4.79 Å². The Labute approximate surface area is 154 Å². The van der Waals surface area contributed by atoms with Crippen molar-refractivity contribution in [2.24, 2.45) is 11.8 Å². The lowest BCUT2D eigenvalue weighted by Crippen LogP contribution is -2.32. The molecule has 1 aromatic carbocycles. The first-order valence-corrected chi connectivity index (χ1v) is 9.84. The van der Waals surface area contributed by atoms with E-state index in [4.69, 9.17) is 0 Å². The lowest BCUT2D eigenvalue weighted by atomic mass is 10.0. The summed E-state index contributed by atoms with van der Waals surface area (Å²) in [6.07, 6.45) is 7.55. The van der Waals surface area contributed by atoms with Gasteiger partial charge in [0.2, 0.25) is 0 Å².